The molecule has 0 unspecified atom stereocenters. The molecule has 0 aromatic rings. The van der Waals surface area contributed by atoms with E-state index in [0.717, 1.165) is 19.0 Å². The van der Waals surface area contributed by atoms with E-state index >= 15 is 0 Å². The molecule has 0 bridgehead atoms. The molecule has 1 atom stereocenters. The molecule has 4 nitrogen and oxygen atoms in total. The lowest BCUT2D eigenvalue weighted by atomic mass is 9.81. The maximum atomic E-state index is 10.9. The molecule has 1 aliphatic heterocycles. The minimum absolute atomic E-state index is 0.192. The van der Waals surface area contributed by atoms with Crippen LogP contribution in [0.25, 0.3) is 0 Å². The highest BCUT2D eigenvalue weighted by atomic mass is 16.4. The SMILES string of the molecule is C[C@@H](NC1(CC(=O)O)CNC1)C1CCCCC1. The number of rotatable bonds is 5. The molecule has 1 aliphatic carbocycles. The Kier molecular flexibility index (Phi) is 4.05. The van der Waals surface area contributed by atoms with Gasteiger partial charge < -0.3 is 15.7 Å². The number of carboxylic acid groups (broad SMARTS) is 1. The van der Waals surface area contributed by atoms with Crippen LogP contribution in [0.3, 0.4) is 0 Å². The lowest BCUT2D eigenvalue weighted by molar-refractivity contribution is -0.139. The van der Waals surface area contributed by atoms with Gasteiger partial charge in [-0.2, -0.15) is 0 Å². The number of hydrogen-bond donors (Lipinski definition) is 3. The highest BCUT2D eigenvalue weighted by Gasteiger charge is 2.40. The molecule has 3 N–H and O–H groups in total. The van der Waals surface area contributed by atoms with Crippen LogP contribution in [0.1, 0.15) is 45.4 Å². The lowest BCUT2D eigenvalue weighted by Gasteiger charge is -2.46. The van der Waals surface area contributed by atoms with Gasteiger partial charge in [-0.05, 0) is 25.7 Å². The lowest BCUT2D eigenvalue weighted by Crippen LogP contribution is -2.70. The monoisotopic (exact) mass is 240 g/mol. The summed E-state index contributed by atoms with van der Waals surface area (Å²) in [6.45, 7) is 3.80. The number of hydrogen-bond acceptors (Lipinski definition) is 3. The van der Waals surface area contributed by atoms with Crippen LogP contribution in [-0.2, 0) is 4.79 Å². The molecular weight excluding hydrogens is 216 g/mol. The Morgan fingerprint density at radius 2 is 2.06 bits per heavy atom. The summed E-state index contributed by atoms with van der Waals surface area (Å²) in [6, 6.07) is 0.441. The average molecular weight is 240 g/mol. The van der Waals surface area contributed by atoms with Crippen LogP contribution in [0.4, 0.5) is 0 Å². The molecule has 98 valence electrons. The Bertz CT molecular complexity index is 271. The van der Waals surface area contributed by atoms with E-state index in [4.69, 9.17) is 5.11 Å². The number of carbonyl (C=O) groups is 1. The van der Waals surface area contributed by atoms with Gasteiger partial charge >= 0.3 is 5.97 Å². The van der Waals surface area contributed by atoms with Crippen LogP contribution in [0.15, 0.2) is 0 Å². The van der Waals surface area contributed by atoms with E-state index in [-0.39, 0.29) is 12.0 Å². The molecule has 2 aliphatic rings. The third-order valence-electron chi connectivity index (χ3n) is 4.31. The fraction of sp³-hybridized carbons (Fsp3) is 0.923. The Balaban J connectivity index is 1.86. The first-order valence-electron chi connectivity index (χ1n) is 6.81. The van der Waals surface area contributed by atoms with Crippen molar-refractivity contribution >= 4 is 5.97 Å². The number of nitrogens with one attached hydrogen (secondary N) is 2. The molecule has 4 heteroatoms. The Morgan fingerprint density at radius 1 is 1.41 bits per heavy atom. The van der Waals surface area contributed by atoms with Crippen molar-refractivity contribution in [2.24, 2.45) is 5.92 Å². The zero-order chi connectivity index (χ0) is 12.3. The van der Waals surface area contributed by atoms with Crippen molar-refractivity contribution in [3.63, 3.8) is 0 Å². The second-order valence-corrected chi connectivity index (χ2v) is 5.79. The normalized spacial score (nSPS) is 26.2. The van der Waals surface area contributed by atoms with Crippen molar-refractivity contribution in [1.29, 1.82) is 0 Å². The summed E-state index contributed by atoms with van der Waals surface area (Å²) < 4.78 is 0. The summed E-state index contributed by atoms with van der Waals surface area (Å²) >= 11 is 0. The van der Waals surface area contributed by atoms with Gasteiger partial charge in [0, 0.05) is 19.1 Å². The molecule has 2 fully saturated rings. The highest BCUT2D eigenvalue weighted by Crippen LogP contribution is 2.28. The molecule has 0 amide bonds. The summed E-state index contributed by atoms with van der Waals surface area (Å²) in [5, 5.41) is 15.7. The van der Waals surface area contributed by atoms with Gasteiger partial charge in [-0.25, -0.2) is 0 Å². The minimum Gasteiger partial charge on any atom is -0.481 e. The molecule has 2 rings (SSSR count). The van der Waals surface area contributed by atoms with E-state index in [1.54, 1.807) is 0 Å². The fourth-order valence-electron chi connectivity index (χ4n) is 3.23. The van der Waals surface area contributed by atoms with Crippen LogP contribution < -0.4 is 10.6 Å². The minimum atomic E-state index is -0.699. The van der Waals surface area contributed by atoms with Gasteiger partial charge in [0.15, 0.2) is 0 Å². The van der Waals surface area contributed by atoms with Crippen molar-refractivity contribution in [2.75, 3.05) is 13.1 Å². The first kappa shape index (κ1) is 12.8. The van der Waals surface area contributed by atoms with E-state index in [0.29, 0.717) is 6.04 Å². The molecule has 0 aromatic carbocycles. The van der Waals surface area contributed by atoms with E-state index in [1.807, 2.05) is 0 Å². The van der Waals surface area contributed by atoms with Crippen molar-refractivity contribution in [2.45, 2.75) is 57.0 Å². The van der Waals surface area contributed by atoms with Gasteiger partial charge in [0.05, 0.1) is 12.0 Å². The van der Waals surface area contributed by atoms with E-state index < -0.39 is 5.97 Å². The quantitative estimate of drug-likeness (QED) is 0.679. The molecule has 1 saturated heterocycles. The van der Waals surface area contributed by atoms with Crippen molar-refractivity contribution in [3.8, 4) is 0 Å². The molecule has 1 heterocycles. The van der Waals surface area contributed by atoms with E-state index in [2.05, 4.69) is 17.6 Å². The maximum absolute atomic E-state index is 10.9. The van der Waals surface area contributed by atoms with E-state index in [1.165, 1.54) is 32.1 Å². The first-order valence-corrected chi connectivity index (χ1v) is 6.81. The zero-order valence-corrected chi connectivity index (χ0v) is 10.7. The molecular formula is C13H24N2O2. The van der Waals surface area contributed by atoms with Crippen LogP contribution in [0, 0.1) is 5.92 Å². The van der Waals surface area contributed by atoms with Gasteiger partial charge in [0.25, 0.3) is 0 Å². The summed E-state index contributed by atoms with van der Waals surface area (Å²) in [5.74, 6) is 0.0323. The summed E-state index contributed by atoms with van der Waals surface area (Å²) in [7, 11) is 0. The van der Waals surface area contributed by atoms with Gasteiger partial charge in [0.2, 0.25) is 0 Å². The molecule has 0 aromatic heterocycles. The van der Waals surface area contributed by atoms with Gasteiger partial charge in [-0.3, -0.25) is 4.79 Å². The van der Waals surface area contributed by atoms with Crippen molar-refractivity contribution in [1.82, 2.24) is 10.6 Å². The molecule has 1 saturated carbocycles. The third kappa shape index (κ3) is 3.19. The standard InChI is InChI=1S/C13H24N2O2/c1-10(11-5-3-2-4-6-11)15-13(7-12(16)17)8-14-9-13/h10-11,14-15H,2-9H2,1H3,(H,16,17)/t10-/m1/s1. The Labute approximate surface area is 103 Å². The largest absolute Gasteiger partial charge is 0.481 e. The first-order chi connectivity index (χ1) is 8.11. The predicted molar refractivity (Wildman–Crippen MR) is 67.0 cm³/mol. The van der Waals surface area contributed by atoms with Gasteiger partial charge in [-0.1, -0.05) is 19.3 Å². The summed E-state index contributed by atoms with van der Waals surface area (Å²) in [6.07, 6.45) is 6.86. The van der Waals surface area contributed by atoms with Gasteiger partial charge in [-0.15, -0.1) is 0 Å². The molecule has 0 spiro atoms. The number of carboxylic acids is 1. The van der Waals surface area contributed by atoms with E-state index in [9.17, 15) is 4.79 Å². The van der Waals surface area contributed by atoms with Crippen LogP contribution in [0.2, 0.25) is 0 Å². The second kappa shape index (κ2) is 5.36. The zero-order valence-electron chi connectivity index (χ0n) is 10.7. The van der Waals surface area contributed by atoms with Crippen LogP contribution in [-0.4, -0.2) is 35.7 Å². The average Bonchev–Trinajstić information content (AvgIpc) is 2.26. The van der Waals surface area contributed by atoms with Crippen LogP contribution >= 0.6 is 0 Å². The maximum Gasteiger partial charge on any atom is 0.305 e. The summed E-state index contributed by atoms with van der Waals surface area (Å²) in [5.41, 5.74) is -0.192. The molecule has 17 heavy (non-hydrogen) atoms. The van der Waals surface area contributed by atoms with Crippen LogP contribution in [0.5, 0.6) is 0 Å². The smallest absolute Gasteiger partial charge is 0.305 e. The Morgan fingerprint density at radius 3 is 2.53 bits per heavy atom. The Hall–Kier alpha value is -0.610. The third-order valence-corrected chi connectivity index (χ3v) is 4.31. The highest BCUT2D eigenvalue weighted by molar-refractivity contribution is 5.68. The van der Waals surface area contributed by atoms with Gasteiger partial charge in [0.1, 0.15) is 0 Å². The topological polar surface area (TPSA) is 61.4 Å². The molecule has 0 radical (unpaired) electrons. The van der Waals surface area contributed by atoms with Crippen molar-refractivity contribution < 1.29 is 9.90 Å². The number of aliphatic carboxylic acids is 1. The fourth-order valence-corrected chi connectivity index (χ4v) is 3.23. The summed E-state index contributed by atoms with van der Waals surface area (Å²) in [4.78, 5) is 10.9. The second-order valence-electron chi connectivity index (χ2n) is 5.79. The van der Waals surface area contributed by atoms with Crippen molar-refractivity contribution in [3.05, 3.63) is 0 Å². The predicted octanol–water partition coefficient (Wildman–Crippen LogP) is 1.36.